The second-order valence-electron chi connectivity index (χ2n) is 3.75. The van der Waals surface area contributed by atoms with Crippen LogP contribution in [0.3, 0.4) is 0 Å². The Morgan fingerprint density at radius 1 is 1.57 bits per heavy atom. The van der Waals surface area contributed by atoms with Gasteiger partial charge in [0.05, 0.1) is 13.2 Å². The van der Waals surface area contributed by atoms with Gasteiger partial charge >= 0.3 is 5.97 Å². The second-order valence-corrected chi connectivity index (χ2v) is 3.75. The van der Waals surface area contributed by atoms with Gasteiger partial charge in [-0.2, -0.15) is 0 Å². The summed E-state index contributed by atoms with van der Waals surface area (Å²) in [7, 11) is 1.37. The van der Waals surface area contributed by atoms with Crippen molar-refractivity contribution < 1.29 is 19.4 Å². The van der Waals surface area contributed by atoms with Gasteiger partial charge < -0.3 is 14.6 Å². The molecule has 1 aliphatic heterocycles. The van der Waals surface area contributed by atoms with Crippen LogP contribution in [0.15, 0.2) is 0 Å². The van der Waals surface area contributed by atoms with Crippen LogP contribution in [-0.2, 0) is 14.3 Å². The van der Waals surface area contributed by atoms with Crippen molar-refractivity contribution in [2.24, 2.45) is 5.92 Å². The quantitative estimate of drug-likeness (QED) is 0.685. The molecule has 0 saturated carbocycles. The molecule has 0 bridgehead atoms. The fraction of sp³-hybridized carbons (Fsp3) is 0.900. The summed E-state index contributed by atoms with van der Waals surface area (Å²) in [6.07, 6.45) is 1.81. The average Bonchev–Trinajstić information content (AvgIpc) is 2.20. The summed E-state index contributed by atoms with van der Waals surface area (Å²) in [5, 5.41) is 8.82. The molecule has 1 heterocycles. The van der Waals surface area contributed by atoms with E-state index in [4.69, 9.17) is 9.84 Å². The highest BCUT2D eigenvalue weighted by Gasteiger charge is 2.32. The molecule has 0 amide bonds. The first kappa shape index (κ1) is 11.5. The Balaban J connectivity index is 2.48. The average molecular weight is 202 g/mol. The number of hydrogen-bond acceptors (Lipinski definition) is 4. The van der Waals surface area contributed by atoms with Crippen LogP contribution >= 0.6 is 0 Å². The summed E-state index contributed by atoms with van der Waals surface area (Å²) in [4.78, 5) is 11.2. The molecule has 1 rings (SSSR count). The van der Waals surface area contributed by atoms with E-state index in [1.54, 1.807) is 0 Å². The molecule has 0 unspecified atom stereocenters. The summed E-state index contributed by atoms with van der Waals surface area (Å²) in [6, 6.07) is 0. The molecule has 1 saturated heterocycles. The van der Waals surface area contributed by atoms with Gasteiger partial charge in [0, 0.05) is 6.61 Å². The molecular weight excluding hydrogens is 184 g/mol. The van der Waals surface area contributed by atoms with Gasteiger partial charge in [0.15, 0.2) is 6.10 Å². The number of carbonyl (C=O) groups excluding carboxylic acids is 1. The van der Waals surface area contributed by atoms with Gasteiger partial charge in [-0.15, -0.1) is 0 Å². The lowest BCUT2D eigenvalue weighted by Gasteiger charge is -2.33. The molecular formula is C10H18O4. The summed E-state index contributed by atoms with van der Waals surface area (Å²) in [5.74, 6) is 0.0999. The van der Waals surface area contributed by atoms with Crippen LogP contribution in [0.5, 0.6) is 0 Å². The van der Waals surface area contributed by atoms with Gasteiger partial charge in [-0.25, -0.2) is 4.79 Å². The summed E-state index contributed by atoms with van der Waals surface area (Å²) in [5.41, 5.74) is 0. The fourth-order valence-corrected chi connectivity index (χ4v) is 1.80. The monoisotopic (exact) mass is 202 g/mol. The van der Waals surface area contributed by atoms with Gasteiger partial charge in [-0.05, 0) is 25.2 Å². The number of rotatable bonds is 3. The minimum Gasteiger partial charge on any atom is -0.467 e. The number of aliphatic hydroxyl groups excluding tert-OH is 1. The third-order valence-electron chi connectivity index (χ3n) is 2.74. The molecule has 1 N–H and O–H groups in total. The number of carbonyl (C=O) groups is 1. The van der Waals surface area contributed by atoms with E-state index in [-0.39, 0.29) is 18.7 Å². The number of aliphatic hydroxyl groups is 1. The second kappa shape index (κ2) is 5.32. The lowest BCUT2D eigenvalue weighted by atomic mass is 9.91. The Hall–Kier alpha value is -0.610. The molecule has 0 aliphatic carbocycles. The van der Waals surface area contributed by atoms with E-state index in [2.05, 4.69) is 11.7 Å². The third kappa shape index (κ3) is 2.69. The smallest absolute Gasteiger partial charge is 0.334 e. The lowest BCUT2D eigenvalue weighted by molar-refractivity contribution is -0.167. The van der Waals surface area contributed by atoms with Gasteiger partial charge in [-0.3, -0.25) is 0 Å². The number of esters is 1. The van der Waals surface area contributed by atoms with Gasteiger partial charge in [-0.1, -0.05) is 6.92 Å². The van der Waals surface area contributed by atoms with Crippen LogP contribution in [-0.4, -0.2) is 37.0 Å². The highest BCUT2D eigenvalue weighted by atomic mass is 16.6. The first-order valence-electron chi connectivity index (χ1n) is 5.03. The van der Waals surface area contributed by atoms with E-state index in [1.165, 1.54) is 7.11 Å². The summed E-state index contributed by atoms with van der Waals surface area (Å²) < 4.78 is 10.2. The molecule has 4 heteroatoms. The molecule has 1 aliphatic rings. The topological polar surface area (TPSA) is 55.8 Å². The minimum atomic E-state index is -0.437. The van der Waals surface area contributed by atoms with E-state index in [1.807, 2.05) is 0 Å². The van der Waals surface area contributed by atoms with E-state index < -0.39 is 6.10 Å². The SMILES string of the molecule is COC(=O)[C@@H]1CC[C@@H](C)[C@H](CCO)O1. The van der Waals surface area contributed by atoms with E-state index in [0.717, 1.165) is 12.8 Å². The Kier molecular flexibility index (Phi) is 4.35. The molecule has 4 nitrogen and oxygen atoms in total. The Bertz CT molecular complexity index is 193. The first-order chi connectivity index (χ1) is 6.69. The van der Waals surface area contributed by atoms with Crippen LogP contribution < -0.4 is 0 Å². The standard InChI is InChI=1S/C10H18O4/c1-7-3-4-9(10(12)13-2)14-8(7)5-6-11/h7-9,11H,3-6H2,1-2H3/t7-,8+,9+/m1/s1. The van der Waals surface area contributed by atoms with Crippen molar-refractivity contribution in [1.29, 1.82) is 0 Å². The van der Waals surface area contributed by atoms with Crippen LogP contribution in [0, 0.1) is 5.92 Å². The van der Waals surface area contributed by atoms with Crippen molar-refractivity contribution in [1.82, 2.24) is 0 Å². The van der Waals surface area contributed by atoms with Crippen LogP contribution in [0.1, 0.15) is 26.2 Å². The molecule has 0 aromatic rings. The normalized spacial score (nSPS) is 32.6. The number of ether oxygens (including phenoxy) is 2. The summed E-state index contributed by atoms with van der Waals surface area (Å²) >= 11 is 0. The van der Waals surface area contributed by atoms with Crippen molar-refractivity contribution in [2.45, 2.75) is 38.4 Å². The summed E-state index contributed by atoms with van der Waals surface area (Å²) in [6.45, 7) is 2.18. The van der Waals surface area contributed by atoms with E-state index in [0.29, 0.717) is 12.3 Å². The zero-order chi connectivity index (χ0) is 10.6. The van der Waals surface area contributed by atoms with Gasteiger partial charge in [0.2, 0.25) is 0 Å². The van der Waals surface area contributed by atoms with Gasteiger partial charge in [0.25, 0.3) is 0 Å². The van der Waals surface area contributed by atoms with Crippen molar-refractivity contribution in [3.63, 3.8) is 0 Å². The first-order valence-corrected chi connectivity index (χ1v) is 5.03. The fourth-order valence-electron chi connectivity index (χ4n) is 1.80. The molecule has 0 aromatic carbocycles. The van der Waals surface area contributed by atoms with Crippen LogP contribution in [0.25, 0.3) is 0 Å². The maximum Gasteiger partial charge on any atom is 0.334 e. The number of hydrogen-bond donors (Lipinski definition) is 1. The third-order valence-corrected chi connectivity index (χ3v) is 2.74. The molecule has 0 radical (unpaired) electrons. The molecule has 0 spiro atoms. The molecule has 14 heavy (non-hydrogen) atoms. The lowest BCUT2D eigenvalue weighted by Crippen LogP contribution is -2.39. The van der Waals surface area contributed by atoms with Crippen LogP contribution in [0.4, 0.5) is 0 Å². The Morgan fingerprint density at radius 2 is 2.29 bits per heavy atom. The molecule has 3 atom stereocenters. The molecule has 82 valence electrons. The van der Waals surface area contributed by atoms with E-state index in [9.17, 15) is 4.79 Å². The van der Waals surface area contributed by atoms with Gasteiger partial charge in [0.1, 0.15) is 0 Å². The minimum absolute atomic E-state index is 0.0159. The largest absolute Gasteiger partial charge is 0.467 e. The van der Waals surface area contributed by atoms with Crippen molar-refractivity contribution in [3.05, 3.63) is 0 Å². The van der Waals surface area contributed by atoms with E-state index >= 15 is 0 Å². The molecule has 0 aromatic heterocycles. The highest BCUT2D eigenvalue weighted by Crippen LogP contribution is 2.27. The predicted octanol–water partition coefficient (Wildman–Crippen LogP) is 0.725. The maximum absolute atomic E-state index is 11.2. The maximum atomic E-state index is 11.2. The van der Waals surface area contributed by atoms with Crippen molar-refractivity contribution in [3.8, 4) is 0 Å². The Labute approximate surface area is 84.2 Å². The number of methoxy groups -OCH3 is 1. The van der Waals surface area contributed by atoms with Crippen LogP contribution in [0.2, 0.25) is 0 Å². The van der Waals surface area contributed by atoms with Crippen molar-refractivity contribution >= 4 is 5.97 Å². The highest BCUT2D eigenvalue weighted by molar-refractivity contribution is 5.74. The zero-order valence-corrected chi connectivity index (χ0v) is 8.73. The molecule has 1 fully saturated rings. The Morgan fingerprint density at radius 3 is 2.86 bits per heavy atom. The predicted molar refractivity (Wildman–Crippen MR) is 50.8 cm³/mol. The zero-order valence-electron chi connectivity index (χ0n) is 8.73. The van der Waals surface area contributed by atoms with Crippen molar-refractivity contribution in [2.75, 3.05) is 13.7 Å².